The zero-order chi connectivity index (χ0) is 12.6. The highest BCUT2D eigenvalue weighted by atomic mass is 35.5. The number of anilines is 1. The number of benzene rings is 1. The summed E-state index contributed by atoms with van der Waals surface area (Å²) in [5.74, 6) is 0.825. The molecule has 17 heavy (non-hydrogen) atoms. The van der Waals surface area contributed by atoms with Crippen LogP contribution in [-0.2, 0) is 4.79 Å². The Morgan fingerprint density at radius 1 is 1.24 bits per heavy atom. The number of carbonyl (C=O) groups is 1. The van der Waals surface area contributed by atoms with Gasteiger partial charge in [-0.3, -0.25) is 0 Å². The highest BCUT2D eigenvalue weighted by Crippen LogP contribution is 2.23. The van der Waals surface area contributed by atoms with Crippen LogP contribution in [0.25, 0.3) is 0 Å². The SMILES string of the molecule is CN1C(Nc2ccc(Cl)cc2)=CC(=O)[N+]1(C)C. The molecule has 2 rings (SSSR count). The van der Waals surface area contributed by atoms with Crippen LogP contribution < -0.4 is 5.32 Å². The minimum atomic E-state index is 0.0453. The molecule has 0 saturated heterocycles. The highest BCUT2D eigenvalue weighted by Gasteiger charge is 2.39. The van der Waals surface area contributed by atoms with Crippen LogP contribution in [0.1, 0.15) is 0 Å². The Morgan fingerprint density at radius 2 is 1.82 bits per heavy atom. The summed E-state index contributed by atoms with van der Waals surface area (Å²) in [6.07, 6.45) is 1.61. The van der Waals surface area contributed by atoms with Gasteiger partial charge in [-0.05, 0) is 24.3 Å². The molecule has 0 fully saturated rings. The van der Waals surface area contributed by atoms with E-state index in [4.69, 9.17) is 11.6 Å². The molecule has 0 unspecified atom stereocenters. The number of quaternary nitrogens is 1. The Morgan fingerprint density at radius 3 is 2.29 bits per heavy atom. The van der Waals surface area contributed by atoms with Crippen LogP contribution in [0.4, 0.5) is 5.69 Å². The molecular formula is C12H15ClN3O+. The lowest BCUT2D eigenvalue weighted by atomic mass is 10.3. The van der Waals surface area contributed by atoms with Crippen molar-refractivity contribution in [1.82, 2.24) is 5.01 Å². The molecular weight excluding hydrogens is 238 g/mol. The number of carbonyl (C=O) groups excluding carboxylic acids is 1. The molecule has 1 aromatic rings. The summed E-state index contributed by atoms with van der Waals surface area (Å²) in [7, 11) is 5.56. The molecule has 4 nitrogen and oxygen atoms in total. The number of nitrogens with zero attached hydrogens (tertiary/aromatic N) is 2. The molecule has 1 amide bonds. The van der Waals surface area contributed by atoms with Crippen molar-refractivity contribution in [2.75, 3.05) is 26.5 Å². The molecule has 5 heteroatoms. The Labute approximate surface area is 106 Å². The normalized spacial score (nSPS) is 18.2. The molecule has 0 bridgehead atoms. The van der Waals surface area contributed by atoms with E-state index < -0.39 is 0 Å². The smallest absolute Gasteiger partial charge is 0.338 e. The summed E-state index contributed by atoms with van der Waals surface area (Å²) in [5.41, 5.74) is 0.905. The average Bonchev–Trinajstić information content (AvgIpc) is 2.46. The van der Waals surface area contributed by atoms with Gasteiger partial charge in [-0.1, -0.05) is 11.6 Å². The van der Waals surface area contributed by atoms with Gasteiger partial charge in [0.05, 0.1) is 27.2 Å². The summed E-state index contributed by atoms with van der Waals surface area (Å²) in [6.45, 7) is 0. The van der Waals surface area contributed by atoms with Gasteiger partial charge in [0, 0.05) is 10.7 Å². The second-order valence-electron chi connectivity index (χ2n) is 4.42. The summed E-state index contributed by atoms with van der Waals surface area (Å²) in [6, 6.07) is 7.36. The number of hydrogen-bond acceptors (Lipinski definition) is 3. The number of likely N-dealkylation sites (N-methyl/N-ethyl adjacent to an activating group) is 1. The summed E-state index contributed by atoms with van der Waals surface area (Å²) >= 11 is 5.82. The van der Waals surface area contributed by atoms with Gasteiger partial charge in [-0.25, -0.2) is 9.80 Å². The predicted octanol–water partition coefficient (Wildman–Crippen LogP) is 2.06. The second-order valence-corrected chi connectivity index (χ2v) is 4.85. The topological polar surface area (TPSA) is 32.3 Å². The fourth-order valence-corrected chi connectivity index (χ4v) is 1.71. The standard InChI is InChI=1S/C12H14ClN3O/c1-15-11(8-12(17)16(15,2)3)14-10-6-4-9(13)5-7-10/h4-8H,1-3H3/p+1. The molecule has 0 spiro atoms. The van der Waals surface area contributed by atoms with Crippen LogP contribution in [0, 0.1) is 0 Å². The first-order valence-corrected chi connectivity index (χ1v) is 5.66. The Balaban J connectivity index is 2.18. The lowest BCUT2D eigenvalue weighted by molar-refractivity contribution is -0.918. The lowest BCUT2D eigenvalue weighted by Crippen LogP contribution is -2.51. The van der Waals surface area contributed by atoms with Crippen molar-refractivity contribution in [3.05, 3.63) is 41.2 Å². The van der Waals surface area contributed by atoms with Crippen LogP contribution >= 0.6 is 11.6 Å². The quantitative estimate of drug-likeness (QED) is 0.818. The van der Waals surface area contributed by atoms with E-state index in [9.17, 15) is 4.79 Å². The first kappa shape index (κ1) is 12.0. The van der Waals surface area contributed by atoms with Crippen LogP contribution in [-0.4, -0.2) is 36.7 Å². The van der Waals surface area contributed by atoms with Gasteiger partial charge in [-0.2, -0.15) is 4.59 Å². The number of nitrogens with one attached hydrogen (secondary N) is 1. The van der Waals surface area contributed by atoms with E-state index in [2.05, 4.69) is 5.32 Å². The molecule has 0 atom stereocenters. The maximum absolute atomic E-state index is 11.8. The summed E-state index contributed by atoms with van der Waals surface area (Å²) in [5, 5.41) is 5.76. The summed E-state index contributed by atoms with van der Waals surface area (Å²) < 4.78 is 0.190. The zero-order valence-electron chi connectivity index (χ0n) is 10.1. The molecule has 0 saturated carbocycles. The Bertz CT molecular complexity index is 479. The first-order chi connectivity index (χ1) is 7.91. The molecule has 1 N–H and O–H groups in total. The number of amides is 1. The van der Waals surface area contributed by atoms with Gasteiger partial charge in [0.15, 0.2) is 5.82 Å². The molecule has 1 aromatic carbocycles. The van der Waals surface area contributed by atoms with E-state index >= 15 is 0 Å². The number of hydrogen-bond donors (Lipinski definition) is 1. The molecule has 90 valence electrons. The fraction of sp³-hybridized carbons (Fsp3) is 0.250. The second kappa shape index (κ2) is 4.05. The Hall–Kier alpha value is -1.52. The number of halogens is 1. The third kappa shape index (κ3) is 2.14. The molecule has 0 radical (unpaired) electrons. The van der Waals surface area contributed by atoms with E-state index in [-0.39, 0.29) is 10.5 Å². The number of rotatable bonds is 2. The minimum Gasteiger partial charge on any atom is -0.338 e. The largest absolute Gasteiger partial charge is 0.366 e. The van der Waals surface area contributed by atoms with Crippen molar-refractivity contribution in [1.29, 1.82) is 0 Å². The van der Waals surface area contributed by atoms with E-state index in [0.717, 1.165) is 11.5 Å². The van der Waals surface area contributed by atoms with Crippen molar-refractivity contribution < 1.29 is 9.39 Å². The van der Waals surface area contributed by atoms with Gasteiger partial charge in [0.2, 0.25) is 0 Å². The van der Waals surface area contributed by atoms with Gasteiger partial charge in [0.25, 0.3) is 0 Å². The van der Waals surface area contributed by atoms with Crippen LogP contribution in [0.5, 0.6) is 0 Å². The van der Waals surface area contributed by atoms with Gasteiger partial charge in [0.1, 0.15) is 0 Å². The van der Waals surface area contributed by atoms with E-state index in [0.29, 0.717) is 5.02 Å². The van der Waals surface area contributed by atoms with Gasteiger partial charge >= 0.3 is 5.91 Å². The lowest BCUT2D eigenvalue weighted by Gasteiger charge is -2.31. The molecule has 0 aromatic heterocycles. The van der Waals surface area contributed by atoms with Crippen LogP contribution in [0.3, 0.4) is 0 Å². The Kier molecular flexibility index (Phi) is 2.85. The first-order valence-electron chi connectivity index (χ1n) is 5.28. The van der Waals surface area contributed by atoms with E-state index in [1.807, 2.05) is 38.3 Å². The average molecular weight is 253 g/mol. The molecule has 1 aliphatic heterocycles. The molecule has 1 heterocycles. The molecule has 1 aliphatic rings. The van der Waals surface area contributed by atoms with Crippen molar-refractivity contribution in [2.24, 2.45) is 0 Å². The third-order valence-electron chi connectivity index (χ3n) is 3.01. The zero-order valence-corrected chi connectivity index (χ0v) is 10.8. The van der Waals surface area contributed by atoms with Crippen LogP contribution in [0.2, 0.25) is 5.02 Å². The van der Waals surface area contributed by atoms with E-state index in [1.165, 1.54) is 0 Å². The fourth-order valence-electron chi connectivity index (χ4n) is 1.58. The predicted molar refractivity (Wildman–Crippen MR) is 68.0 cm³/mol. The van der Waals surface area contributed by atoms with Crippen molar-refractivity contribution in [3.63, 3.8) is 0 Å². The van der Waals surface area contributed by atoms with Gasteiger partial charge in [-0.15, -0.1) is 0 Å². The molecule has 0 aliphatic carbocycles. The third-order valence-corrected chi connectivity index (χ3v) is 3.27. The van der Waals surface area contributed by atoms with Crippen LogP contribution in [0.15, 0.2) is 36.2 Å². The van der Waals surface area contributed by atoms with Gasteiger partial charge < -0.3 is 5.32 Å². The van der Waals surface area contributed by atoms with Crippen molar-refractivity contribution >= 4 is 23.2 Å². The highest BCUT2D eigenvalue weighted by molar-refractivity contribution is 6.30. The van der Waals surface area contributed by atoms with E-state index in [1.54, 1.807) is 18.2 Å². The maximum Gasteiger partial charge on any atom is 0.366 e. The van der Waals surface area contributed by atoms with Crippen molar-refractivity contribution in [2.45, 2.75) is 0 Å². The van der Waals surface area contributed by atoms with Crippen molar-refractivity contribution in [3.8, 4) is 0 Å². The monoisotopic (exact) mass is 252 g/mol. The summed E-state index contributed by atoms with van der Waals surface area (Å²) in [4.78, 5) is 11.8. The maximum atomic E-state index is 11.8. The minimum absolute atomic E-state index is 0.0453.